The third-order valence-electron chi connectivity index (χ3n) is 4.30. The van der Waals surface area contributed by atoms with Crippen LogP contribution < -0.4 is 5.32 Å². The highest BCUT2D eigenvalue weighted by Crippen LogP contribution is 2.39. The Balaban J connectivity index is 2.09. The van der Waals surface area contributed by atoms with Gasteiger partial charge in [0.25, 0.3) is 0 Å². The van der Waals surface area contributed by atoms with Gasteiger partial charge in [-0.05, 0) is 23.3 Å². The van der Waals surface area contributed by atoms with Crippen LogP contribution in [0.15, 0.2) is 60.4 Å². The van der Waals surface area contributed by atoms with Crippen molar-refractivity contribution in [3.05, 3.63) is 77.1 Å². The topological polar surface area (TPSA) is 32.3 Å². The number of nitrogens with one attached hydrogen (secondary N) is 1. The summed E-state index contributed by atoms with van der Waals surface area (Å²) in [7, 11) is 3.40. The van der Waals surface area contributed by atoms with Gasteiger partial charge in [-0.25, -0.2) is 0 Å². The lowest BCUT2D eigenvalue weighted by molar-refractivity contribution is -0.137. The number of Topliss-reactive ketones (excluding diaryl/α,β-unsaturated/α-hetero) is 1. The maximum absolute atomic E-state index is 13.0. The maximum Gasteiger partial charge on any atom is 0.416 e. The van der Waals surface area contributed by atoms with E-state index >= 15 is 0 Å². The molecular weight excluding hydrogens is 329 g/mol. The standard InChI is InChI=1S/C19H17F3N2O/c1-23-18-15(13-9-6-10-14(11-13)19(20,21)22)17(25)16(24(18)2)12-7-4-3-5-8-12/h3-11,16,23H,1-2H3. The Kier molecular flexibility index (Phi) is 4.29. The molecule has 0 bridgehead atoms. The first-order chi connectivity index (χ1) is 11.8. The summed E-state index contributed by atoms with van der Waals surface area (Å²) >= 11 is 0. The minimum Gasteiger partial charge on any atom is -0.374 e. The molecule has 0 aromatic heterocycles. The summed E-state index contributed by atoms with van der Waals surface area (Å²) in [6.45, 7) is 0. The summed E-state index contributed by atoms with van der Waals surface area (Å²) in [5.41, 5.74) is 0.552. The molecule has 0 aliphatic carbocycles. The molecule has 0 amide bonds. The van der Waals surface area contributed by atoms with Gasteiger partial charge in [0.1, 0.15) is 11.9 Å². The average Bonchev–Trinajstić information content (AvgIpc) is 2.85. The molecule has 2 aromatic rings. The molecular formula is C19H17F3N2O. The zero-order valence-corrected chi connectivity index (χ0v) is 13.8. The van der Waals surface area contributed by atoms with Gasteiger partial charge >= 0.3 is 6.18 Å². The lowest BCUT2D eigenvalue weighted by Crippen LogP contribution is -2.27. The third kappa shape index (κ3) is 2.99. The second kappa shape index (κ2) is 6.27. The van der Waals surface area contributed by atoms with Crippen LogP contribution in [-0.4, -0.2) is 24.8 Å². The van der Waals surface area contributed by atoms with E-state index in [0.29, 0.717) is 5.82 Å². The minimum absolute atomic E-state index is 0.225. The summed E-state index contributed by atoms with van der Waals surface area (Å²) in [6, 6.07) is 13.5. The number of nitrogens with zero attached hydrogens (tertiary/aromatic N) is 1. The Labute approximate surface area is 143 Å². The largest absolute Gasteiger partial charge is 0.416 e. The van der Waals surface area contributed by atoms with Crippen LogP contribution in [0.4, 0.5) is 13.2 Å². The van der Waals surface area contributed by atoms with Gasteiger partial charge in [-0.1, -0.05) is 42.5 Å². The first-order valence-corrected chi connectivity index (χ1v) is 7.76. The molecule has 1 aliphatic heterocycles. The highest BCUT2D eigenvalue weighted by Gasteiger charge is 2.39. The first-order valence-electron chi connectivity index (χ1n) is 7.76. The predicted molar refractivity (Wildman–Crippen MR) is 89.4 cm³/mol. The van der Waals surface area contributed by atoms with E-state index in [0.717, 1.165) is 17.7 Å². The molecule has 0 saturated carbocycles. The van der Waals surface area contributed by atoms with Crippen LogP contribution in [0.2, 0.25) is 0 Å². The van der Waals surface area contributed by atoms with E-state index in [4.69, 9.17) is 0 Å². The molecule has 6 heteroatoms. The van der Waals surface area contributed by atoms with Gasteiger partial charge in [-0.2, -0.15) is 13.2 Å². The zero-order valence-electron chi connectivity index (χ0n) is 13.8. The van der Waals surface area contributed by atoms with Gasteiger partial charge in [0.15, 0.2) is 5.78 Å². The summed E-state index contributed by atoms with van der Waals surface area (Å²) in [5.74, 6) is 0.288. The van der Waals surface area contributed by atoms with Crippen molar-refractivity contribution in [3.63, 3.8) is 0 Å². The summed E-state index contributed by atoms with van der Waals surface area (Å²) in [4.78, 5) is 14.8. The predicted octanol–water partition coefficient (Wildman–Crippen LogP) is 3.85. The van der Waals surface area contributed by atoms with Crippen molar-refractivity contribution in [3.8, 4) is 0 Å². The van der Waals surface area contributed by atoms with E-state index in [1.807, 2.05) is 30.3 Å². The molecule has 0 radical (unpaired) electrons. The van der Waals surface area contributed by atoms with E-state index in [2.05, 4.69) is 5.32 Å². The van der Waals surface area contributed by atoms with Gasteiger partial charge in [0.05, 0.1) is 11.1 Å². The van der Waals surface area contributed by atoms with E-state index in [1.165, 1.54) is 12.1 Å². The fourth-order valence-corrected chi connectivity index (χ4v) is 3.18. The fourth-order valence-electron chi connectivity index (χ4n) is 3.18. The second-order valence-electron chi connectivity index (χ2n) is 5.84. The number of likely N-dealkylation sites (N-methyl/N-ethyl adjacent to an activating group) is 1. The molecule has 1 unspecified atom stereocenters. The number of hydrogen-bond acceptors (Lipinski definition) is 3. The highest BCUT2D eigenvalue weighted by atomic mass is 19.4. The Hall–Kier alpha value is -2.76. The number of ketones is 1. The summed E-state index contributed by atoms with van der Waals surface area (Å²) < 4.78 is 39.1. The van der Waals surface area contributed by atoms with Crippen molar-refractivity contribution in [2.45, 2.75) is 12.2 Å². The van der Waals surface area contributed by atoms with Crippen LogP contribution in [0, 0.1) is 0 Å². The molecule has 2 aromatic carbocycles. The number of carbonyl (C=O) groups is 1. The monoisotopic (exact) mass is 346 g/mol. The lowest BCUT2D eigenvalue weighted by Gasteiger charge is -2.23. The number of rotatable bonds is 3. The van der Waals surface area contributed by atoms with Gasteiger partial charge in [-0.3, -0.25) is 4.79 Å². The molecule has 1 heterocycles. The molecule has 3 nitrogen and oxygen atoms in total. The molecule has 25 heavy (non-hydrogen) atoms. The normalized spacial score (nSPS) is 18.0. The van der Waals surface area contributed by atoms with Crippen molar-refractivity contribution in [2.24, 2.45) is 0 Å². The maximum atomic E-state index is 13.0. The Morgan fingerprint density at radius 3 is 2.32 bits per heavy atom. The molecule has 3 rings (SSSR count). The van der Waals surface area contributed by atoms with E-state index < -0.39 is 17.8 Å². The number of benzene rings is 2. The van der Waals surface area contributed by atoms with Crippen LogP contribution in [0.5, 0.6) is 0 Å². The van der Waals surface area contributed by atoms with Crippen LogP contribution in [0.25, 0.3) is 5.57 Å². The van der Waals surface area contributed by atoms with E-state index in [1.54, 1.807) is 19.0 Å². The number of halogens is 3. The van der Waals surface area contributed by atoms with Crippen molar-refractivity contribution in [2.75, 3.05) is 14.1 Å². The fraction of sp³-hybridized carbons (Fsp3) is 0.211. The van der Waals surface area contributed by atoms with Crippen LogP contribution in [0.3, 0.4) is 0 Å². The lowest BCUT2D eigenvalue weighted by atomic mass is 9.95. The number of hydrogen-bond donors (Lipinski definition) is 1. The smallest absolute Gasteiger partial charge is 0.374 e. The molecule has 1 N–H and O–H groups in total. The molecule has 1 aliphatic rings. The van der Waals surface area contributed by atoms with Crippen molar-refractivity contribution >= 4 is 11.4 Å². The molecule has 0 saturated heterocycles. The number of carbonyl (C=O) groups excluding carboxylic acids is 1. The van der Waals surface area contributed by atoms with Crippen LogP contribution in [0.1, 0.15) is 22.7 Å². The van der Waals surface area contributed by atoms with E-state index in [9.17, 15) is 18.0 Å². The molecule has 1 atom stereocenters. The number of alkyl halides is 3. The second-order valence-corrected chi connectivity index (χ2v) is 5.84. The first kappa shape index (κ1) is 17.1. The van der Waals surface area contributed by atoms with Crippen LogP contribution >= 0.6 is 0 Å². The van der Waals surface area contributed by atoms with Crippen molar-refractivity contribution < 1.29 is 18.0 Å². The summed E-state index contributed by atoms with van der Waals surface area (Å²) in [6.07, 6.45) is -4.46. The summed E-state index contributed by atoms with van der Waals surface area (Å²) in [5, 5.41) is 2.95. The zero-order chi connectivity index (χ0) is 18.2. The molecule has 130 valence electrons. The SMILES string of the molecule is CNC1=C(c2cccc(C(F)(F)F)c2)C(=O)C(c2ccccc2)N1C. The highest BCUT2D eigenvalue weighted by molar-refractivity contribution is 6.26. The van der Waals surface area contributed by atoms with Crippen LogP contribution in [-0.2, 0) is 11.0 Å². The van der Waals surface area contributed by atoms with E-state index in [-0.39, 0.29) is 16.9 Å². The Morgan fingerprint density at radius 1 is 1.04 bits per heavy atom. The quantitative estimate of drug-likeness (QED) is 0.916. The molecule has 0 fully saturated rings. The van der Waals surface area contributed by atoms with Gasteiger partial charge in [0.2, 0.25) is 0 Å². The van der Waals surface area contributed by atoms with Crippen molar-refractivity contribution in [1.82, 2.24) is 10.2 Å². The minimum atomic E-state index is -4.46. The van der Waals surface area contributed by atoms with Gasteiger partial charge in [-0.15, -0.1) is 0 Å². The Morgan fingerprint density at radius 2 is 1.72 bits per heavy atom. The average molecular weight is 346 g/mol. The Bertz CT molecular complexity index is 828. The third-order valence-corrected chi connectivity index (χ3v) is 4.30. The van der Waals surface area contributed by atoms with Gasteiger partial charge < -0.3 is 10.2 Å². The van der Waals surface area contributed by atoms with Crippen molar-refractivity contribution in [1.29, 1.82) is 0 Å². The van der Waals surface area contributed by atoms with Gasteiger partial charge in [0, 0.05) is 14.1 Å². The molecule has 0 spiro atoms.